The zero-order valence-corrected chi connectivity index (χ0v) is 19.7. The Kier molecular flexibility index (Phi) is 5.45. The average Bonchev–Trinajstić information content (AvgIpc) is 3.54. The minimum Gasteiger partial charge on any atom is -0.507 e. The van der Waals surface area contributed by atoms with Crippen molar-refractivity contribution >= 4 is 44.1 Å². The highest BCUT2D eigenvalue weighted by Gasteiger charge is 2.49. The molecule has 1 atom stereocenters. The molecular formula is C26H22N2O5S. The Balaban J connectivity index is 1.68. The molecule has 0 bridgehead atoms. The minimum atomic E-state index is -0.943. The van der Waals surface area contributed by atoms with Gasteiger partial charge in [-0.25, -0.2) is 4.98 Å². The van der Waals surface area contributed by atoms with E-state index in [9.17, 15) is 14.7 Å². The first kappa shape index (κ1) is 21.9. The molecule has 7 nitrogen and oxygen atoms in total. The summed E-state index contributed by atoms with van der Waals surface area (Å²) in [5.41, 5.74) is 2.24. The summed E-state index contributed by atoms with van der Waals surface area (Å²) < 4.78 is 11.9. The molecule has 0 aliphatic carbocycles. The van der Waals surface area contributed by atoms with E-state index in [0.717, 1.165) is 22.2 Å². The molecule has 8 heteroatoms. The Bertz CT molecular complexity index is 1450. The smallest absolute Gasteiger partial charge is 0.302 e. The van der Waals surface area contributed by atoms with Crippen LogP contribution in [-0.4, -0.2) is 28.9 Å². The molecule has 0 saturated carbocycles. The number of aliphatic hydroxyl groups is 1. The number of fused-ring (bicyclic) bond motifs is 1. The monoisotopic (exact) mass is 474 g/mol. The predicted octanol–water partition coefficient (Wildman–Crippen LogP) is 5.40. The lowest BCUT2D eigenvalue weighted by molar-refractivity contribution is -0.132. The number of ether oxygens (including phenoxy) is 1. The molecule has 2 aromatic heterocycles. The molecule has 1 aliphatic heterocycles. The Morgan fingerprint density at radius 1 is 1.15 bits per heavy atom. The molecule has 0 radical (unpaired) electrons. The lowest BCUT2D eigenvalue weighted by Gasteiger charge is -2.20. The number of aromatic nitrogens is 1. The lowest BCUT2D eigenvalue weighted by atomic mass is 9.99. The topological polar surface area (TPSA) is 92.9 Å². The van der Waals surface area contributed by atoms with Crippen molar-refractivity contribution in [3.8, 4) is 5.75 Å². The van der Waals surface area contributed by atoms with Crippen LogP contribution in [0.25, 0.3) is 16.0 Å². The van der Waals surface area contributed by atoms with E-state index in [1.54, 1.807) is 50.4 Å². The van der Waals surface area contributed by atoms with Crippen LogP contribution in [0.15, 0.2) is 64.6 Å². The summed E-state index contributed by atoms with van der Waals surface area (Å²) in [5, 5.41) is 11.5. The normalized spacial score (nSPS) is 17.6. The van der Waals surface area contributed by atoms with Crippen LogP contribution < -0.4 is 9.64 Å². The number of thiazole rings is 1. The van der Waals surface area contributed by atoms with Gasteiger partial charge < -0.3 is 14.3 Å². The highest BCUT2D eigenvalue weighted by molar-refractivity contribution is 7.22. The van der Waals surface area contributed by atoms with Gasteiger partial charge in [0.25, 0.3) is 5.78 Å². The van der Waals surface area contributed by atoms with Crippen molar-refractivity contribution in [2.24, 2.45) is 0 Å². The van der Waals surface area contributed by atoms with Crippen LogP contribution in [0.5, 0.6) is 5.75 Å². The van der Waals surface area contributed by atoms with Gasteiger partial charge >= 0.3 is 5.91 Å². The summed E-state index contributed by atoms with van der Waals surface area (Å²) in [5.74, 6) is -0.222. The van der Waals surface area contributed by atoms with E-state index in [4.69, 9.17) is 9.15 Å². The molecule has 0 spiro atoms. The van der Waals surface area contributed by atoms with Gasteiger partial charge in [0.05, 0.1) is 22.9 Å². The molecule has 5 rings (SSSR count). The molecule has 1 amide bonds. The van der Waals surface area contributed by atoms with Crippen molar-refractivity contribution in [1.82, 2.24) is 4.98 Å². The Morgan fingerprint density at radius 2 is 1.91 bits per heavy atom. The van der Waals surface area contributed by atoms with E-state index in [2.05, 4.69) is 11.9 Å². The van der Waals surface area contributed by atoms with Crippen molar-refractivity contribution < 1.29 is 23.8 Å². The molecule has 1 unspecified atom stereocenters. The van der Waals surface area contributed by atoms with Gasteiger partial charge in [-0.1, -0.05) is 24.3 Å². The third-order valence-corrected chi connectivity index (χ3v) is 6.91. The number of anilines is 1. The third-order valence-electron chi connectivity index (χ3n) is 5.89. The summed E-state index contributed by atoms with van der Waals surface area (Å²) in [6.45, 7) is 3.85. The highest BCUT2D eigenvalue weighted by Crippen LogP contribution is 2.44. The number of hydrogen-bond donors (Lipinski definition) is 1. The lowest BCUT2D eigenvalue weighted by Crippen LogP contribution is -2.29. The first-order valence-electron chi connectivity index (χ1n) is 10.8. The number of furan rings is 1. The molecule has 4 aromatic rings. The first-order chi connectivity index (χ1) is 16.4. The average molecular weight is 475 g/mol. The Morgan fingerprint density at radius 3 is 2.56 bits per heavy atom. The van der Waals surface area contributed by atoms with Crippen molar-refractivity contribution in [1.29, 1.82) is 0 Å². The van der Waals surface area contributed by atoms with Gasteiger partial charge in [0.1, 0.15) is 29.1 Å². The summed E-state index contributed by atoms with van der Waals surface area (Å²) >= 11 is 1.33. The maximum atomic E-state index is 13.3. The van der Waals surface area contributed by atoms with Crippen LogP contribution in [0.4, 0.5) is 5.13 Å². The second kappa shape index (κ2) is 8.46. The number of ketones is 1. The van der Waals surface area contributed by atoms with E-state index in [-0.39, 0.29) is 11.3 Å². The van der Waals surface area contributed by atoms with Crippen LogP contribution in [-0.2, 0) is 16.0 Å². The molecule has 2 aromatic carbocycles. The number of hydrogen-bond acceptors (Lipinski definition) is 7. The Labute approximate surface area is 199 Å². The summed E-state index contributed by atoms with van der Waals surface area (Å²) in [6.07, 6.45) is 0.876. The minimum absolute atomic E-state index is 0.0435. The van der Waals surface area contributed by atoms with Gasteiger partial charge in [0.15, 0.2) is 5.13 Å². The second-order valence-electron chi connectivity index (χ2n) is 8.00. The molecule has 172 valence electrons. The molecule has 34 heavy (non-hydrogen) atoms. The molecular weight excluding hydrogens is 452 g/mol. The fourth-order valence-corrected chi connectivity index (χ4v) is 5.14. The SMILES string of the molecule is CCc1ccc2nc(N3C(=O)C(=O)C(=C(O)c4ccc(OC)cc4)C3c3ccc(C)o3)sc2c1. The number of carbonyl (C=O) groups excluding carboxylic acids is 2. The molecule has 1 saturated heterocycles. The van der Waals surface area contributed by atoms with E-state index in [0.29, 0.717) is 28.0 Å². The van der Waals surface area contributed by atoms with E-state index < -0.39 is 17.7 Å². The van der Waals surface area contributed by atoms with Crippen LogP contribution in [0, 0.1) is 6.92 Å². The van der Waals surface area contributed by atoms with Gasteiger partial charge in [-0.3, -0.25) is 14.5 Å². The van der Waals surface area contributed by atoms with Gasteiger partial charge in [-0.2, -0.15) is 0 Å². The Hall–Kier alpha value is -3.91. The maximum absolute atomic E-state index is 13.3. The summed E-state index contributed by atoms with van der Waals surface area (Å²) in [4.78, 5) is 32.5. The van der Waals surface area contributed by atoms with Gasteiger partial charge in [-0.05, 0) is 67.4 Å². The number of aliphatic hydroxyl groups excluding tert-OH is 1. The van der Waals surface area contributed by atoms with E-state index in [1.807, 2.05) is 18.2 Å². The fraction of sp³-hybridized carbons (Fsp3) is 0.192. The number of carbonyl (C=O) groups is 2. The van der Waals surface area contributed by atoms with Crippen molar-refractivity contribution in [2.45, 2.75) is 26.3 Å². The number of nitrogens with zero attached hydrogens (tertiary/aromatic N) is 2. The van der Waals surface area contributed by atoms with Crippen LogP contribution in [0.2, 0.25) is 0 Å². The molecule has 1 fully saturated rings. The van der Waals surface area contributed by atoms with Gasteiger partial charge in [-0.15, -0.1) is 0 Å². The fourth-order valence-electron chi connectivity index (χ4n) is 4.08. The highest BCUT2D eigenvalue weighted by atomic mass is 32.1. The standard InChI is InChI=1S/C26H22N2O5S/c1-4-15-6-11-18-20(13-15)34-26(27-18)28-22(19-12-5-14(2)33-19)21(24(30)25(28)31)23(29)16-7-9-17(32-3)10-8-16/h5-13,22,29H,4H2,1-3H3. The third kappa shape index (κ3) is 3.56. The maximum Gasteiger partial charge on any atom is 0.302 e. The summed E-state index contributed by atoms with van der Waals surface area (Å²) in [7, 11) is 1.54. The number of amides is 1. The zero-order chi connectivity index (χ0) is 24.0. The number of aryl methyl sites for hydroxylation is 2. The zero-order valence-electron chi connectivity index (χ0n) is 18.9. The van der Waals surface area contributed by atoms with Gasteiger partial charge in [0, 0.05) is 5.56 Å². The number of benzene rings is 2. The van der Waals surface area contributed by atoms with Crippen LogP contribution >= 0.6 is 11.3 Å². The molecule has 3 heterocycles. The quantitative estimate of drug-likeness (QED) is 0.237. The van der Waals surface area contributed by atoms with Crippen LogP contribution in [0.1, 0.15) is 35.6 Å². The van der Waals surface area contributed by atoms with E-state index in [1.165, 1.54) is 16.2 Å². The molecule has 1 aliphatic rings. The van der Waals surface area contributed by atoms with Crippen LogP contribution in [0.3, 0.4) is 0 Å². The predicted molar refractivity (Wildman–Crippen MR) is 130 cm³/mol. The second-order valence-corrected chi connectivity index (χ2v) is 9.01. The largest absolute Gasteiger partial charge is 0.507 e. The van der Waals surface area contributed by atoms with E-state index >= 15 is 0 Å². The number of Topliss-reactive ketones (excluding diaryl/α,β-unsaturated/α-hetero) is 1. The van der Waals surface area contributed by atoms with Crippen molar-refractivity contribution in [2.75, 3.05) is 12.0 Å². The summed E-state index contributed by atoms with van der Waals surface area (Å²) in [6, 6.07) is 15.1. The van der Waals surface area contributed by atoms with Crippen molar-refractivity contribution in [3.05, 3.63) is 82.8 Å². The first-order valence-corrected chi connectivity index (χ1v) is 11.6. The number of methoxy groups -OCH3 is 1. The number of rotatable bonds is 5. The molecule has 1 N–H and O–H groups in total. The van der Waals surface area contributed by atoms with Crippen molar-refractivity contribution in [3.63, 3.8) is 0 Å². The van der Waals surface area contributed by atoms with Gasteiger partial charge in [0.2, 0.25) is 0 Å².